The number of benzene rings is 1. The van der Waals surface area contributed by atoms with Crippen LogP contribution in [0.4, 0.5) is 0 Å². The smallest absolute Gasteiger partial charge is 0.344 e. The summed E-state index contributed by atoms with van der Waals surface area (Å²) in [4.78, 5) is 14.9. The molecule has 1 rings (SSSR count). The highest BCUT2D eigenvalue weighted by Gasteiger charge is 1.99. The van der Waals surface area contributed by atoms with Crippen molar-refractivity contribution in [3.05, 3.63) is 29.8 Å². The number of carboxylic acids is 1. The molecule has 0 fully saturated rings. The van der Waals surface area contributed by atoms with Gasteiger partial charge in [-0.1, -0.05) is 17.3 Å². The van der Waals surface area contributed by atoms with Crippen LogP contribution in [0.15, 0.2) is 29.4 Å². The number of nitrogens with zero attached hydrogens (tertiary/aromatic N) is 1. The predicted molar refractivity (Wildman–Crippen MR) is 68.0 cm³/mol. The zero-order valence-corrected chi connectivity index (χ0v) is 10.5. The number of oxime groups is 1. The SMILES string of the molecule is COc1ccc(CCC(C)=NOCC(=O)O)cc1. The summed E-state index contributed by atoms with van der Waals surface area (Å²) in [6.45, 7) is 1.41. The first-order chi connectivity index (χ1) is 8.61. The van der Waals surface area contributed by atoms with Gasteiger partial charge in [-0.25, -0.2) is 4.79 Å². The van der Waals surface area contributed by atoms with Gasteiger partial charge < -0.3 is 14.7 Å². The molecular weight excluding hydrogens is 234 g/mol. The Kier molecular flexibility index (Phi) is 5.70. The van der Waals surface area contributed by atoms with Gasteiger partial charge in [0.2, 0.25) is 6.61 Å². The Morgan fingerprint density at radius 2 is 2.00 bits per heavy atom. The third kappa shape index (κ3) is 5.34. The van der Waals surface area contributed by atoms with Crippen molar-refractivity contribution in [2.75, 3.05) is 13.7 Å². The number of ether oxygens (including phenoxy) is 1. The van der Waals surface area contributed by atoms with E-state index in [1.54, 1.807) is 7.11 Å². The van der Waals surface area contributed by atoms with E-state index in [0.29, 0.717) is 0 Å². The van der Waals surface area contributed by atoms with E-state index in [-0.39, 0.29) is 0 Å². The van der Waals surface area contributed by atoms with Crippen molar-refractivity contribution in [2.45, 2.75) is 19.8 Å². The number of aryl methyl sites for hydroxylation is 1. The molecule has 5 nitrogen and oxygen atoms in total. The van der Waals surface area contributed by atoms with Gasteiger partial charge in [0.15, 0.2) is 0 Å². The Bertz CT molecular complexity index is 412. The second kappa shape index (κ2) is 7.32. The van der Waals surface area contributed by atoms with Gasteiger partial charge in [-0.3, -0.25) is 0 Å². The first-order valence-electron chi connectivity index (χ1n) is 5.62. The van der Waals surface area contributed by atoms with Crippen LogP contribution in [0.3, 0.4) is 0 Å². The van der Waals surface area contributed by atoms with Crippen molar-refractivity contribution in [2.24, 2.45) is 5.16 Å². The number of aliphatic carboxylic acids is 1. The van der Waals surface area contributed by atoms with Crippen LogP contribution in [0.1, 0.15) is 18.9 Å². The monoisotopic (exact) mass is 251 g/mol. The molecule has 0 heterocycles. The van der Waals surface area contributed by atoms with Crippen molar-refractivity contribution in [1.82, 2.24) is 0 Å². The molecule has 0 radical (unpaired) electrons. The van der Waals surface area contributed by atoms with Crippen LogP contribution in [0.25, 0.3) is 0 Å². The quantitative estimate of drug-likeness (QED) is 0.595. The van der Waals surface area contributed by atoms with Gasteiger partial charge >= 0.3 is 5.97 Å². The molecule has 0 saturated heterocycles. The Morgan fingerprint density at radius 1 is 1.33 bits per heavy atom. The normalized spacial score (nSPS) is 11.1. The fraction of sp³-hybridized carbons (Fsp3) is 0.385. The summed E-state index contributed by atoms with van der Waals surface area (Å²) in [6, 6.07) is 7.79. The van der Waals surface area contributed by atoms with Crippen molar-refractivity contribution in [1.29, 1.82) is 0 Å². The van der Waals surface area contributed by atoms with E-state index >= 15 is 0 Å². The fourth-order valence-electron chi connectivity index (χ4n) is 1.36. The lowest BCUT2D eigenvalue weighted by Crippen LogP contribution is -2.05. The molecule has 0 aliphatic rings. The minimum absolute atomic E-state index is 0.403. The molecule has 0 amide bonds. The molecule has 18 heavy (non-hydrogen) atoms. The van der Waals surface area contributed by atoms with Gasteiger partial charge in [0.05, 0.1) is 12.8 Å². The molecule has 1 aromatic rings. The van der Waals surface area contributed by atoms with Crippen molar-refractivity contribution >= 4 is 11.7 Å². The molecule has 0 unspecified atom stereocenters. The lowest BCUT2D eigenvalue weighted by atomic mass is 10.1. The summed E-state index contributed by atoms with van der Waals surface area (Å²) in [5, 5.41) is 12.1. The molecule has 0 bridgehead atoms. The standard InChI is InChI=1S/C13H17NO4/c1-10(14-18-9-13(15)16)3-4-11-5-7-12(17-2)8-6-11/h5-8H,3-4,9H2,1-2H3,(H,15,16). The molecule has 0 atom stereocenters. The van der Waals surface area contributed by atoms with Gasteiger partial charge in [0.1, 0.15) is 5.75 Å². The van der Waals surface area contributed by atoms with Crippen molar-refractivity contribution < 1.29 is 19.5 Å². The largest absolute Gasteiger partial charge is 0.497 e. The third-order valence-electron chi connectivity index (χ3n) is 2.34. The summed E-state index contributed by atoms with van der Waals surface area (Å²) >= 11 is 0. The highest BCUT2D eigenvalue weighted by molar-refractivity contribution is 5.81. The lowest BCUT2D eigenvalue weighted by molar-refractivity contribution is -0.142. The fourth-order valence-corrected chi connectivity index (χ4v) is 1.36. The Labute approximate surface area is 106 Å². The number of hydrogen-bond acceptors (Lipinski definition) is 4. The van der Waals surface area contributed by atoms with E-state index in [1.165, 1.54) is 5.56 Å². The maximum atomic E-state index is 10.2. The van der Waals surface area contributed by atoms with E-state index in [1.807, 2.05) is 31.2 Å². The first-order valence-corrected chi connectivity index (χ1v) is 5.62. The van der Waals surface area contributed by atoms with Crippen molar-refractivity contribution in [3.63, 3.8) is 0 Å². The highest BCUT2D eigenvalue weighted by Crippen LogP contribution is 2.12. The van der Waals surface area contributed by atoms with Crippen LogP contribution >= 0.6 is 0 Å². The summed E-state index contributed by atoms with van der Waals surface area (Å²) < 4.78 is 5.07. The highest BCUT2D eigenvalue weighted by atomic mass is 16.6. The van der Waals surface area contributed by atoms with Gasteiger partial charge in [0, 0.05) is 0 Å². The van der Waals surface area contributed by atoms with Crippen LogP contribution in [0.2, 0.25) is 0 Å². The van der Waals surface area contributed by atoms with E-state index < -0.39 is 12.6 Å². The average Bonchev–Trinajstić information content (AvgIpc) is 2.36. The third-order valence-corrected chi connectivity index (χ3v) is 2.34. The van der Waals surface area contributed by atoms with E-state index in [9.17, 15) is 4.79 Å². The number of carbonyl (C=O) groups is 1. The Morgan fingerprint density at radius 3 is 2.56 bits per heavy atom. The van der Waals surface area contributed by atoms with Crippen molar-refractivity contribution in [3.8, 4) is 5.75 Å². The maximum Gasteiger partial charge on any atom is 0.344 e. The van der Waals surface area contributed by atoms with E-state index in [2.05, 4.69) is 9.99 Å². The minimum Gasteiger partial charge on any atom is -0.497 e. The molecule has 0 aliphatic heterocycles. The Hall–Kier alpha value is -2.04. The molecule has 1 aromatic carbocycles. The molecule has 5 heteroatoms. The number of methoxy groups -OCH3 is 1. The zero-order valence-electron chi connectivity index (χ0n) is 10.5. The molecule has 0 spiro atoms. The second-order valence-electron chi connectivity index (χ2n) is 3.84. The first kappa shape index (κ1) is 14.0. The van der Waals surface area contributed by atoms with Gasteiger partial charge in [0.25, 0.3) is 0 Å². The summed E-state index contributed by atoms with van der Waals surface area (Å²) in [7, 11) is 1.63. The zero-order chi connectivity index (χ0) is 13.4. The second-order valence-corrected chi connectivity index (χ2v) is 3.84. The number of hydrogen-bond donors (Lipinski definition) is 1. The van der Waals surface area contributed by atoms with E-state index in [0.717, 1.165) is 24.3 Å². The number of rotatable bonds is 7. The van der Waals surface area contributed by atoms with E-state index in [4.69, 9.17) is 9.84 Å². The number of carboxylic acid groups (broad SMARTS) is 1. The molecule has 0 aliphatic carbocycles. The summed E-state index contributed by atoms with van der Waals surface area (Å²) in [6.07, 6.45) is 1.56. The van der Waals surface area contributed by atoms with Crippen LogP contribution in [-0.4, -0.2) is 30.5 Å². The summed E-state index contributed by atoms with van der Waals surface area (Å²) in [5.74, 6) is -0.198. The Balaban J connectivity index is 2.36. The van der Waals surface area contributed by atoms with Gasteiger partial charge in [-0.05, 0) is 37.5 Å². The van der Waals surface area contributed by atoms with Gasteiger partial charge in [-0.2, -0.15) is 0 Å². The van der Waals surface area contributed by atoms with Gasteiger partial charge in [-0.15, -0.1) is 0 Å². The minimum atomic E-state index is -1.03. The predicted octanol–water partition coefficient (Wildman–Crippen LogP) is 2.10. The molecular formula is C13H17NO4. The summed E-state index contributed by atoms with van der Waals surface area (Å²) in [5.41, 5.74) is 1.94. The molecule has 98 valence electrons. The lowest BCUT2D eigenvalue weighted by Gasteiger charge is -2.03. The molecule has 0 aromatic heterocycles. The average molecular weight is 251 g/mol. The molecule has 1 N–H and O–H groups in total. The van der Waals surface area contributed by atoms with Crippen LogP contribution in [-0.2, 0) is 16.1 Å². The van der Waals surface area contributed by atoms with Crippen LogP contribution in [0.5, 0.6) is 5.75 Å². The van der Waals surface area contributed by atoms with Crippen LogP contribution in [0, 0.1) is 0 Å². The maximum absolute atomic E-state index is 10.2. The topological polar surface area (TPSA) is 68.1 Å². The molecule has 0 saturated carbocycles. The van der Waals surface area contributed by atoms with Crippen LogP contribution < -0.4 is 4.74 Å².